The average Bonchev–Trinajstić information content (AvgIpc) is 2.63. The van der Waals surface area contributed by atoms with E-state index in [1.807, 2.05) is 0 Å². The third-order valence-electron chi connectivity index (χ3n) is 3.57. The summed E-state index contributed by atoms with van der Waals surface area (Å²) in [4.78, 5) is 12.1. The van der Waals surface area contributed by atoms with E-state index >= 15 is 0 Å². The van der Waals surface area contributed by atoms with E-state index in [-0.39, 0.29) is 12.3 Å². The van der Waals surface area contributed by atoms with Crippen molar-refractivity contribution in [2.75, 3.05) is 38.5 Å². The summed E-state index contributed by atoms with van der Waals surface area (Å²) in [7, 11) is 4.63. The van der Waals surface area contributed by atoms with Crippen molar-refractivity contribution in [2.45, 2.75) is 6.42 Å². The molecule has 0 saturated carbocycles. The Morgan fingerprint density at radius 2 is 1.58 bits per heavy atom. The van der Waals surface area contributed by atoms with Gasteiger partial charge in [0.25, 0.3) is 0 Å². The molecule has 0 bridgehead atoms. The molecule has 2 rings (SSSR count). The minimum absolute atomic E-state index is 0.208. The van der Waals surface area contributed by atoms with Gasteiger partial charge in [0, 0.05) is 30.8 Å². The van der Waals surface area contributed by atoms with E-state index in [0.717, 1.165) is 5.69 Å². The van der Waals surface area contributed by atoms with E-state index in [1.54, 1.807) is 44.6 Å². The predicted octanol–water partition coefficient (Wildman–Crippen LogP) is 4.46. The van der Waals surface area contributed by atoms with Gasteiger partial charge >= 0.3 is 0 Å². The zero-order valence-electron chi connectivity index (χ0n) is 14.7. The van der Waals surface area contributed by atoms with Crippen LogP contribution in [0, 0.1) is 0 Å². The molecular formula is C18H20Cl2N2O4. The molecule has 26 heavy (non-hydrogen) atoms. The normalized spacial score (nSPS) is 10.2. The molecule has 2 aromatic carbocycles. The van der Waals surface area contributed by atoms with Gasteiger partial charge in [-0.25, -0.2) is 0 Å². The molecule has 0 fully saturated rings. The number of rotatable bonds is 8. The summed E-state index contributed by atoms with van der Waals surface area (Å²) in [6.07, 6.45) is 0.220. The molecule has 0 aliphatic heterocycles. The molecule has 0 spiro atoms. The van der Waals surface area contributed by atoms with Gasteiger partial charge in [-0.1, -0.05) is 29.3 Å². The first-order valence-electron chi connectivity index (χ1n) is 7.78. The van der Waals surface area contributed by atoms with Gasteiger partial charge < -0.3 is 24.8 Å². The van der Waals surface area contributed by atoms with Crippen LogP contribution in [0.5, 0.6) is 17.2 Å². The highest BCUT2D eigenvalue weighted by atomic mass is 35.5. The van der Waals surface area contributed by atoms with Crippen molar-refractivity contribution in [3.63, 3.8) is 0 Å². The summed E-state index contributed by atoms with van der Waals surface area (Å²) in [5, 5.41) is 6.65. The van der Waals surface area contributed by atoms with Crippen LogP contribution in [0.15, 0.2) is 30.3 Å². The third kappa shape index (κ3) is 4.86. The molecule has 0 radical (unpaired) electrons. The van der Waals surface area contributed by atoms with Crippen LogP contribution in [0.4, 0.5) is 11.4 Å². The lowest BCUT2D eigenvalue weighted by atomic mass is 10.2. The van der Waals surface area contributed by atoms with Crippen molar-refractivity contribution in [2.24, 2.45) is 0 Å². The predicted molar refractivity (Wildman–Crippen MR) is 104 cm³/mol. The number of hydrogen-bond donors (Lipinski definition) is 2. The summed E-state index contributed by atoms with van der Waals surface area (Å²) in [5.41, 5.74) is 1.15. The molecule has 0 unspecified atom stereocenters. The molecule has 2 N–H and O–H groups in total. The molecule has 0 atom stereocenters. The van der Waals surface area contributed by atoms with Crippen LogP contribution in [-0.4, -0.2) is 33.8 Å². The first kappa shape index (κ1) is 20.0. The molecule has 6 nitrogen and oxygen atoms in total. The minimum Gasteiger partial charge on any atom is -0.493 e. The zero-order chi connectivity index (χ0) is 19.1. The molecule has 0 aliphatic carbocycles. The number of hydrogen-bond acceptors (Lipinski definition) is 5. The number of carbonyl (C=O) groups is 1. The highest BCUT2D eigenvalue weighted by Crippen LogP contribution is 2.39. The number of carbonyl (C=O) groups excluding carboxylic acids is 1. The van der Waals surface area contributed by atoms with Crippen molar-refractivity contribution in [3.05, 3.63) is 40.4 Å². The lowest BCUT2D eigenvalue weighted by Crippen LogP contribution is -2.16. The Morgan fingerprint density at radius 1 is 1.00 bits per heavy atom. The van der Waals surface area contributed by atoms with Gasteiger partial charge in [0.2, 0.25) is 11.7 Å². The fourth-order valence-electron chi connectivity index (χ4n) is 2.32. The molecule has 140 valence electrons. The van der Waals surface area contributed by atoms with Gasteiger partial charge in [-0.3, -0.25) is 4.79 Å². The first-order valence-corrected chi connectivity index (χ1v) is 8.53. The second kappa shape index (κ2) is 9.40. The fourth-order valence-corrected chi connectivity index (χ4v) is 2.81. The van der Waals surface area contributed by atoms with Crippen LogP contribution >= 0.6 is 23.2 Å². The third-order valence-corrected chi connectivity index (χ3v) is 4.20. The second-order valence-electron chi connectivity index (χ2n) is 5.24. The van der Waals surface area contributed by atoms with Gasteiger partial charge in [0.05, 0.1) is 37.1 Å². The number of ether oxygens (including phenoxy) is 3. The average molecular weight is 399 g/mol. The van der Waals surface area contributed by atoms with E-state index in [1.165, 1.54) is 7.11 Å². The van der Waals surface area contributed by atoms with E-state index in [4.69, 9.17) is 37.4 Å². The molecule has 0 saturated heterocycles. The van der Waals surface area contributed by atoms with Gasteiger partial charge in [-0.15, -0.1) is 0 Å². The first-order chi connectivity index (χ1) is 12.5. The Balaban J connectivity index is 1.98. The number of anilines is 2. The van der Waals surface area contributed by atoms with Crippen molar-refractivity contribution in [3.8, 4) is 17.2 Å². The Hall–Kier alpha value is -2.31. The summed E-state index contributed by atoms with van der Waals surface area (Å²) in [5.74, 6) is 1.36. The van der Waals surface area contributed by atoms with E-state index < -0.39 is 0 Å². The Kier molecular flexibility index (Phi) is 7.24. The number of nitrogens with one attached hydrogen (secondary N) is 2. The maximum absolute atomic E-state index is 12.1. The van der Waals surface area contributed by atoms with Gasteiger partial charge in [0.15, 0.2) is 11.5 Å². The van der Waals surface area contributed by atoms with Crippen molar-refractivity contribution in [1.82, 2.24) is 0 Å². The Bertz CT molecular complexity index is 739. The Morgan fingerprint density at radius 3 is 2.08 bits per heavy atom. The topological polar surface area (TPSA) is 68.8 Å². The van der Waals surface area contributed by atoms with Crippen LogP contribution < -0.4 is 24.8 Å². The maximum atomic E-state index is 12.1. The summed E-state index contributed by atoms with van der Waals surface area (Å²) in [6.45, 7) is 0.395. The van der Waals surface area contributed by atoms with E-state index in [0.29, 0.717) is 39.5 Å². The van der Waals surface area contributed by atoms with E-state index in [9.17, 15) is 4.79 Å². The number of para-hydroxylation sites is 1. The number of halogens is 2. The number of amides is 1. The largest absolute Gasteiger partial charge is 0.493 e. The fraction of sp³-hybridized carbons (Fsp3) is 0.278. The van der Waals surface area contributed by atoms with Crippen molar-refractivity contribution < 1.29 is 19.0 Å². The SMILES string of the molecule is COc1cc(NCCC(=O)Nc2c(Cl)cccc2Cl)cc(OC)c1OC. The monoisotopic (exact) mass is 398 g/mol. The quantitative estimate of drug-likeness (QED) is 0.686. The summed E-state index contributed by atoms with van der Waals surface area (Å²) < 4.78 is 15.9. The molecule has 0 aromatic heterocycles. The minimum atomic E-state index is -0.208. The van der Waals surface area contributed by atoms with Gasteiger partial charge in [-0.2, -0.15) is 0 Å². The van der Waals surface area contributed by atoms with Crippen molar-refractivity contribution >= 4 is 40.5 Å². The standard InChI is InChI=1S/C18H20Cl2N2O4/c1-24-14-9-11(10-15(25-2)18(14)26-3)21-8-7-16(23)22-17-12(19)5-4-6-13(17)20/h4-6,9-10,21H,7-8H2,1-3H3,(H,22,23). The lowest BCUT2D eigenvalue weighted by molar-refractivity contribution is -0.115. The molecule has 8 heteroatoms. The van der Waals surface area contributed by atoms with Crippen LogP contribution in [-0.2, 0) is 4.79 Å². The molecular weight excluding hydrogens is 379 g/mol. The molecule has 2 aromatic rings. The Labute approximate surface area is 162 Å². The van der Waals surface area contributed by atoms with Crippen LogP contribution in [0.1, 0.15) is 6.42 Å². The van der Waals surface area contributed by atoms with E-state index in [2.05, 4.69) is 10.6 Å². The highest BCUT2D eigenvalue weighted by Gasteiger charge is 2.14. The smallest absolute Gasteiger partial charge is 0.226 e. The van der Waals surface area contributed by atoms with Crippen molar-refractivity contribution in [1.29, 1.82) is 0 Å². The maximum Gasteiger partial charge on any atom is 0.226 e. The van der Waals surface area contributed by atoms with Crippen LogP contribution in [0.25, 0.3) is 0 Å². The van der Waals surface area contributed by atoms with Gasteiger partial charge in [-0.05, 0) is 12.1 Å². The number of benzene rings is 2. The van der Waals surface area contributed by atoms with Crippen LogP contribution in [0.3, 0.4) is 0 Å². The summed E-state index contributed by atoms with van der Waals surface area (Å²) in [6, 6.07) is 8.58. The second-order valence-corrected chi connectivity index (χ2v) is 6.05. The lowest BCUT2D eigenvalue weighted by Gasteiger charge is -2.15. The highest BCUT2D eigenvalue weighted by molar-refractivity contribution is 6.39. The van der Waals surface area contributed by atoms with Gasteiger partial charge in [0.1, 0.15) is 0 Å². The molecule has 0 heterocycles. The molecule has 1 amide bonds. The van der Waals surface area contributed by atoms with Crippen LogP contribution in [0.2, 0.25) is 10.0 Å². The number of methoxy groups -OCH3 is 3. The molecule has 0 aliphatic rings. The zero-order valence-corrected chi connectivity index (χ0v) is 16.2. The summed E-state index contributed by atoms with van der Waals surface area (Å²) >= 11 is 12.1.